The molecule has 166 valence electrons. The first kappa shape index (κ1) is 20.9. The van der Waals surface area contributed by atoms with E-state index in [2.05, 4.69) is 39.7 Å². The molecular weight excluding hydrogens is 419 g/mol. The largest absolute Gasteiger partial charge is 0.363 e. The molecule has 1 saturated heterocycles. The highest BCUT2D eigenvalue weighted by Gasteiger charge is 2.32. The lowest BCUT2D eigenvalue weighted by Gasteiger charge is -2.46. The van der Waals surface area contributed by atoms with E-state index in [0.29, 0.717) is 40.7 Å². The number of rotatable bonds is 2. The summed E-state index contributed by atoms with van der Waals surface area (Å²) in [4.78, 5) is 26.1. The van der Waals surface area contributed by atoms with Crippen molar-refractivity contribution < 1.29 is 4.39 Å². The van der Waals surface area contributed by atoms with Crippen LogP contribution in [0.2, 0.25) is 0 Å². The number of piperazine rings is 1. The standard InChI is InChI=1S/C25H23FN6O/c1-15-14-32(22-11-23(33)30(3)20-8-6-17(12-27)29-25(20)22)16(2)13-31(15)21-9-7-19(26)18-5-4-10-28-24(18)21/h4-11,15-16H,13-14H2,1-3H3/t15-,16+/m1/s1. The fourth-order valence-corrected chi connectivity index (χ4v) is 4.75. The Morgan fingerprint density at radius 3 is 2.48 bits per heavy atom. The van der Waals surface area contributed by atoms with Crippen molar-refractivity contribution >= 4 is 33.3 Å². The van der Waals surface area contributed by atoms with Crippen LogP contribution in [0.3, 0.4) is 0 Å². The topological polar surface area (TPSA) is 78.0 Å². The molecule has 4 heterocycles. The van der Waals surface area contributed by atoms with Gasteiger partial charge in [0.1, 0.15) is 23.1 Å². The molecule has 0 N–H and O–H groups in total. The Bertz CT molecular complexity index is 1490. The summed E-state index contributed by atoms with van der Waals surface area (Å²) in [5, 5.41) is 9.85. The van der Waals surface area contributed by atoms with Crippen LogP contribution < -0.4 is 15.4 Å². The number of aromatic nitrogens is 3. The highest BCUT2D eigenvalue weighted by Crippen LogP contribution is 2.34. The number of pyridine rings is 3. The molecule has 1 aliphatic heterocycles. The molecule has 0 radical (unpaired) electrons. The van der Waals surface area contributed by atoms with Gasteiger partial charge in [-0.2, -0.15) is 5.26 Å². The van der Waals surface area contributed by atoms with Gasteiger partial charge in [0.05, 0.1) is 22.4 Å². The van der Waals surface area contributed by atoms with E-state index in [0.717, 1.165) is 11.4 Å². The third-order valence-corrected chi connectivity index (χ3v) is 6.48. The summed E-state index contributed by atoms with van der Waals surface area (Å²) in [7, 11) is 1.71. The van der Waals surface area contributed by atoms with Crippen molar-refractivity contribution in [1.29, 1.82) is 5.26 Å². The molecule has 0 amide bonds. The lowest BCUT2D eigenvalue weighted by molar-refractivity contribution is 0.482. The lowest BCUT2D eigenvalue weighted by Crippen LogP contribution is -2.57. The number of nitriles is 1. The summed E-state index contributed by atoms with van der Waals surface area (Å²) < 4.78 is 15.9. The number of benzene rings is 1. The molecule has 1 aliphatic rings. The van der Waals surface area contributed by atoms with Crippen molar-refractivity contribution in [2.75, 3.05) is 22.9 Å². The van der Waals surface area contributed by atoms with E-state index >= 15 is 0 Å². The first-order valence-electron chi connectivity index (χ1n) is 10.9. The van der Waals surface area contributed by atoms with Gasteiger partial charge < -0.3 is 14.4 Å². The third kappa shape index (κ3) is 3.37. The number of hydrogen-bond donors (Lipinski definition) is 0. The van der Waals surface area contributed by atoms with Gasteiger partial charge in [0.2, 0.25) is 0 Å². The van der Waals surface area contributed by atoms with Crippen LogP contribution in [0.15, 0.2) is 53.5 Å². The van der Waals surface area contributed by atoms with Crippen molar-refractivity contribution in [3.8, 4) is 6.07 Å². The lowest BCUT2D eigenvalue weighted by atomic mass is 10.0. The number of aryl methyl sites for hydroxylation is 1. The maximum atomic E-state index is 14.3. The molecule has 5 rings (SSSR count). The molecule has 0 unspecified atom stereocenters. The van der Waals surface area contributed by atoms with E-state index < -0.39 is 0 Å². The van der Waals surface area contributed by atoms with Crippen molar-refractivity contribution in [2.45, 2.75) is 25.9 Å². The highest BCUT2D eigenvalue weighted by atomic mass is 19.1. The minimum atomic E-state index is -0.285. The van der Waals surface area contributed by atoms with E-state index in [4.69, 9.17) is 0 Å². The van der Waals surface area contributed by atoms with E-state index in [1.807, 2.05) is 0 Å². The van der Waals surface area contributed by atoms with Gasteiger partial charge in [0.25, 0.3) is 5.56 Å². The van der Waals surface area contributed by atoms with Crippen LogP contribution in [0.4, 0.5) is 15.8 Å². The summed E-state index contributed by atoms with van der Waals surface area (Å²) in [5.41, 5.74) is 3.77. The zero-order valence-corrected chi connectivity index (χ0v) is 18.7. The maximum absolute atomic E-state index is 14.3. The van der Waals surface area contributed by atoms with Crippen molar-refractivity contribution in [2.24, 2.45) is 7.05 Å². The van der Waals surface area contributed by atoms with Crippen LogP contribution in [0, 0.1) is 17.1 Å². The minimum Gasteiger partial charge on any atom is -0.363 e. The van der Waals surface area contributed by atoms with Crippen molar-refractivity contribution in [3.05, 3.63) is 70.5 Å². The Morgan fingerprint density at radius 2 is 1.76 bits per heavy atom. The molecule has 1 fully saturated rings. The average molecular weight is 442 g/mol. The van der Waals surface area contributed by atoms with Crippen LogP contribution in [-0.2, 0) is 7.05 Å². The van der Waals surface area contributed by atoms with Crippen LogP contribution in [-0.4, -0.2) is 39.7 Å². The average Bonchev–Trinajstić information content (AvgIpc) is 2.83. The van der Waals surface area contributed by atoms with Gasteiger partial charge >= 0.3 is 0 Å². The van der Waals surface area contributed by atoms with Crippen LogP contribution in [0.5, 0.6) is 0 Å². The predicted molar refractivity (Wildman–Crippen MR) is 127 cm³/mol. The molecule has 0 aliphatic carbocycles. The van der Waals surface area contributed by atoms with Gasteiger partial charge in [-0.15, -0.1) is 0 Å². The fourth-order valence-electron chi connectivity index (χ4n) is 4.75. The molecule has 8 heteroatoms. The number of hydrogen-bond acceptors (Lipinski definition) is 6. The number of anilines is 2. The SMILES string of the molecule is C[C@@H]1CN(c2cc(=O)n(C)c3ccc(C#N)nc23)[C@@H](C)CN1c1ccc(F)c2cccnc12. The summed E-state index contributed by atoms with van der Waals surface area (Å²) in [5.74, 6) is -0.285. The number of nitrogens with zero attached hydrogens (tertiary/aromatic N) is 6. The molecule has 1 aromatic carbocycles. The summed E-state index contributed by atoms with van der Waals surface area (Å²) in [6, 6.07) is 14.0. The van der Waals surface area contributed by atoms with E-state index in [9.17, 15) is 14.4 Å². The Hall–Kier alpha value is -3.99. The number of halogens is 1. The van der Waals surface area contributed by atoms with Crippen molar-refractivity contribution in [1.82, 2.24) is 14.5 Å². The molecule has 2 atom stereocenters. The zero-order chi connectivity index (χ0) is 23.3. The molecule has 7 nitrogen and oxygen atoms in total. The van der Waals surface area contributed by atoms with Gasteiger partial charge in [0, 0.05) is 49.9 Å². The Labute approximate surface area is 190 Å². The van der Waals surface area contributed by atoms with E-state index in [1.165, 1.54) is 6.07 Å². The zero-order valence-electron chi connectivity index (χ0n) is 18.7. The summed E-state index contributed by atoms with van der Waals surface area (Å²) in [6.07, 6.45) is 1.68. The second kappa shape index (κ2) is 7.85. The monoisotopic (exact) mass is 442 g/mol. The summed E-state index contributed by atoms with van der Waals surface area (Å²) >= 11 is 0. The first-order valence-corrected chi connectivity index (χ1v) is 10.9. The second-order valence-corrected chi connectivity index (χ2v) is 8.57. The normalized spacial score (nSPS) is 18.6. The predicted octanol–water partition coefficient (Wildman–Crippen LogP) is 3.60. The Morgan fingerprint density at radius 1 is 1.03 bits per heavy atom. The molecule has 33 heavy (non-hydrogen) atoms. The second-order valence-electron chi connectivity index (χ2n) is 8.57. The van der Waals surface area contributed by atoms with E-state index in [-0.39, 0.29) is 23.5 Å². The molecule has 3 aromatic heterocycles. The molecular formula is C25H23FN6O. The minimum absolute atomic E-state index is 0.0351. The summed E-state index contributed by atoms with van der Waals surface area (Å²) in [6.45, 7) is 5.49. The van der Waals surface area contributed by atoms with Gasteiger partial charge in [-0.1, -0.05) is 0 Å². The van der Waals surface area contributed by atoms with Crippen molar-refractivity contribution in [3.63, 3.8) is 0 Å². The Kier molecular flexibility index (Phi) is 4.97. The van der Waals surface area contributed by atoms with Gasteiger partial charge in [-0.3, -0.25) is 9.78 Å². The Balaban J connectivity index is 1.57. The molecule has 0 bridgehead atoms. The molecule has 4 aromatic rings. The van der Waals surface area contributed by atoms with E-state index in [1.54, 1.807) is 54.2 Å². The first-order chi connectivity index (χ1) is 15.9. The number of fused-ring (bicyclic) bond motifs is 2. The van der Waals surface area contributed by atoms with Crippen LogP contribution >= 0.6 is 0 Å². The van der Waals surface area contributed by atoms with Gasteiger partial charge in [-0.05, 0) is 50.2 Å². The third-order valence-electron chi connectivity index (χ3n) is 6.48. The fraction of sp³-hybridized carbons (Fsp3) is 0.280. The quantitative estimate of drug-likeness (QED) is 0.472. The van der Waals surface area contributed by atoms with Gasteiger partial charge in [-0.25, -0.2) is 9.37 Å². The maximum Gasteiger partial charge on any atom is 0.252 e. The molecule has 0 spiro atoms. The molecule has 0 saturated carbocycles. The van der Waals surface area contributed by atoms with Gasteiger partial charge in [0.15, 0.2) is 0 Å². The van der Waals surface area contributed by atoms with Crippen LogP contribution in [0.25, 0.3) is 21.9 Å². The highest BCUT2D eigenvalue weighted by molar-refractivity contribution is 5.92. The van der Waals surface area contributed by atoms with Crippen LogP contribution in [0.1, 0.15) is 19.5 Å². The smallest absolute Gasteiger partial charge is 0.252 e.